The van der Waals surface area contributed by atoms with Crippen molar-refractivity contribution in [3.63, 3.8) is 0 Å². The predicted octanol–water partition coefficient (Wildman–Crippen LogP) is 7.58. The van der Waals surface area contributed by atoms with Crippen molar-refractivity contribution in [1.29, 1.82) is 0 Å². The molecule has 0 unspecified atom stereocenters. The molecule has 134 valence electrons. The summed E-state index contributed by atoms with van der Waals surface area (Å²) in [4.78, 5) is 0. The molecule has 0 bridgehead atoms. The van der Waals surface area contributed by atoms with E-state index in [0.29, 0.717) is 6.25 Å². The summed E-state index contributed by atoms with van der Waals surface area (Å²) in [6.07, 6.45) is 37.7. The first-order valence-corrected chi connectivity index (χ1v) is 13.3. The molecular formula is C24H34Zr. The summed E-state index contributed by atoms with van der Waals surface area (Å²) in [6.45, 7) is 0. The molecule has 4 aliphatic rings. The van der Waals surface area contributed by atoms with Crippen LogP contribution in [0.3, 0.4) is 0 Å². The van der Waals surface area contributed by atoms with E-state index in [-0.39, 0.29) is 0 Å². The van der Waals surface area contributed by atoms with Gasteiger partial charge >= 0.3 is 167 Å². The fraction of sp³-hybridized carbons (Fsp3) is 0.667. The van der Waals surface area contributed by atoms with Crippen molar-refractivity contribution in [2.24, 2.45) is 11.8 Å². The van der Waals surface area contributed by atoms with Gasteiger partial charge in [0.05, 0.1) is 0 Å². The third kappa shape index (κ3) is 4.58. The predicted molar refractivity (Wildman–Crippen MR) is 104 cm³/mol. The van der Waals surface area contributed by atoms with Gasteiger partial charge in [0.2, 0.25) is 0 Å². The molecule has 0 radical (unpaired) electrons. The molecule has 0 spiro atoms. The second kappa shape index (κ2) is 8.25. The van der Waals surface area contributed by atoms with Crippen LogP contribution in [0.25, 0.3) is 0 Å². The molecule has 0 atom stereocenters. The topological polar surface area (TPSA) is 0 Å². The number of hydrogen-bond acceptors (Lipinski definition) is 0. The first-order chi connectivity index (χ1) is 12.3. The molecule has 0 saturated heterocycles. The quantitative estimate of drug-likeness (QED) is 0.421. The third-order valence-corrected chi connectivity index (χ3v) is 11.9. The third-order valence-electron chi connectivity index (χ3n) is 6.96. The molecule has 0 nitrogen and oxygen atoms in total. The summed E-state index contributed by atoms with van der Waals surface area (Å²) in [7, 11) is 0. The molecule has 0 aromatic rings. The van der Waals surface area contributed by atoms with Crippen LogP contribution in [0, 0.1) is 11.8 Å². The monoisotopic (exact) mass is 412 g/mol. The van der Waals surface area contributed by atoms with Crippen molar-refractivity contribution < 1.29 is 23.2 Å². The summed E-state index contributed by atoms with van der Waals surface area (Å²) in [6, 6.07) is 0. The normalized spacial score (nSPS) is 28.0. The Balaban J connectivity index is 1.48. The number of allylic oxidation sites excluding steroid dienone is 8. The maximum atomic E-state index is 2.62. The second-order valence-corrected chi connectivity index (χ2v) is 14.2. The van der Waals surface area contributed by atoms with Crippen molar-refractivity contribution in [3.05, 3.63) is 48.6 Å². The Labute approximate surface area is 166 Å². The van der Waals surface area contributed by atoms with Gasteiger partial charge in [0, 0.05) is 0 Å². The van der Waals surface area contributed by atoms with Gasteiger partial charge in [0.1, 0.15) is 0 Å². The van der Waals surface area contributed by atoms with Crippen molar-refractivity contribution in [2.75, 3.05) is 0 Å². The van der Waals surface area contributed by atoms with E-state index in [2.05, 4.69) is 48.6 Å². The van der Waals surface area contributed by atoms with Crippen molar-refractivity contribution in [1.82, 2.24) is 0 Å². The minimum absolute atomic E-state index is 0.485. The fourth-order valence-electron chi connectivity index (χ4n) is 5.73. The van der Waals surface area contributed by atoms with Gasteiger partial charge < -0.3 is 0 Å². The van der Waals surface area contributed by atoms with E-state index in [1.165, 1.54) is 77.0 Å². The van der Waals surface area contributed by atoms with Crippen molar-refractivity contribution in [2.45, 2.75) is 83.3 Å². The van der Waals surface area contributed by atoms with Gasteiger partial charge in [0.15, 0.2) is 0 Å². The van der Waals surface area contributed by atoms with Crippen LogP contribution in [-0.2, 0) is 23.2 Å². The summed E-state index contributed by atoms with van der Waals surface area (Å²) < 4.78 is 0.970. The molecular weight excluding hydrogens is 379 g/mol. The van der Waals surface area contributed by atoms with E-state index in [1.54, 1.807) is 0 Å². The Morgan fingerprint density at radius 1 is 0.560 bits per heavy atom. The summed E-state index contributed by atoms with van der Waals surface area (Å²) in [5.41, 5.74) is 0. The van der Waals surface area contributed by atoms with Crippen LogP contribution < -0.4 is 0 Å². The fourth-order valence-corrected chi connectivity index (χ4v) is 11.5. The summed E-state index contributed by atoms with van der Waals surface area (Å²) in [5, 5.41) is 0. The Hall–Kier alpha value is -0.157. The minimum atomic E-state index is -0.642. The Bertz CT molecular complexity index is 479. The summed E-state index contributed by atoms with van der Waals surface area (Å²) in [5.74, 6) is 1.98. The van der Waals surface area contributed by atoms with Crippen LogP contribution in [0.4, 0.5) is 0 Å². The van der Waals surface area contributed by atoms with Crippen molar-refractivity contribution in [3.8, 4) is 0 Å². The Morgan fingerprint density at radius 3 is 1.28 bits per heavy atom. The van der Waals surface area contributed by atoms with Gasteiger partial charge in [-0.25, -0.2) is 0 Å². The van der Waals surface area contributed by atoms with Crippen LogP contribution in [0.15, 0.2) is 48.6 Å². The van der Waals surface area contributed by atoms with Crippen LogP contribution in [0.5, 0.6) is 0 Å². The molecule has 0 aromatic heterocycles. The van der Waals surface area contributed by atoms with Gasteiger partial charge in [0.25, 0.3) is 0 Å². The number of hydrogen-bond donors (Lipinski definition) is 0. The van der Waals surface area contributed by atoms with Crippen LogP contribution in [0.1, 0.15) is 77.0 Å². The van der Waals surface area contributed by atoms with Gasteiger partial charge in [-0.1, -0.05) is 0 Å². The Kier molecular flexibility index (Phi) is 6.01. The van der Waals surface area contributed by atoms with Crippen LogP contribution in [0.2, 0.25) is 6.25 Å². The number of rotatable bonds is 6. The molecule has 2 fully saturated rings. The Morgan fingerprint density at radius 2 is 0.920 bits per heavy atom. The molecule has 4 rings (SSSR count). The summed E-state index contributed by atoms with van der Waals surface area (Å²) >= 11 is -0.642. The molecule has 0 amide bonds. The van der Waals surface area contributed by atoms with Crippen LogP contribution in [-0.4, -0.2) is 0 Å². The zero-order valence-electron chi connectivity index (χ0n) is 15.8. The molecule has 0 N–H and O–H groups in total. The van der Waals surface area contributed by atoms with Crippen molar-refractivity contribution >= 4 is 0 Å². The first-order valence-electron chi connectivity index (χ1n) is 10.8. The molecule has 0 heterocycles. The van der Waals surface area contributed by atoms with Gasteiger partial charge in [-0.3, -0.25) is 0 Å². The molecule has 0 aromatic carbocycles. The molecule has 1 heteroatoms. The molecule has 25 heavy (non-hydrogen) atoms. The average Bonchev–Trinajstić information content (AvgIpc) is 3.27. The van der Waals surface area contributed by atoms with E-state index in [9.17, 15) is 0 Å². The zero-order valence-corrected chi connectivity index (χ0v) is 18.2. The molecule has 4 aliphatic carbocycles. The van der Waals surface area contributed by atoms with E-state index < -0.39 is 23.2 Å². The molecule has 2 saturated carbocycles. The standard InChI is InChI=1S/2C12H17.Zr/c2*1-2-6-11(7-3-1)10-12-8-4-5-9-12;/h2*4-5,8-9,11H,1-3,6-7,10H2;. The SMILES string of the molecule is C1=C[C](CC2CCCCC2)([Zr][C]2(CC3CCCCC3)C=CC=C2)C=C1. The average molecular weight is 414 g/mol. The first kappa shape index (κ1) is 18.2. The zero-order chi connectivity index (χ0) is 17.0. The van der Waals surface area contributed by atoms with Crippen LogP contribution >= 0.6 is 0 Å². The van der Waals surface area contributed by atoms with E-state index in [1.807, 2.05) is 0 Å². The van der Waals surface area contributed by atoms with Gasteiger partial charge in [-0.05, 0) is 0 Å². The maximum absolute atomic E-state index is 2.62. The van der Waals surface area contributed by atoms with E-state index >= 15 is 0 Å². The van der Waals surface area contributed by atoms with E-state index in [0.717, 1.165) is 11.8 Å². The second-order valence-electron chi connectivity index (χ2n) is 9.06. The van der Waals surface area contributed by atoms with Gasteiger partial charge in [-0.2, -0.15) is 0 Å². The molecule has 0 aliphatic heterocycles. The van der Waals surface area contributed by atoms with Gasteiger partial charge in [-0.15, -0.1) is 0 Å². The van der Waals surface area contributed by atoms with E-state index in [4.69, 9.17) is 0 Å².